The molecule has 1 aromatic rings. The molecule has 1 amide bonds. The highest BCUT2D eigenvalue weighted by molar-refractivity contribution is 5.77. The van der Waals surface area contributed by atoms with E-state index in [1.54, 1.807) is 7.11 Å². The van der Waals surface area contributed by atoms with Crippen LogP contribution in [0.2, 0.25) is 0 Å². The normalized spacial score (nSPS) is 14.3. The van der Waals surface area contributed by atoms with E-state index in [0.29, 0.717) is 13.1 Å². The van der Waals surface area contributed by atoms with Crippen molar-refractivity contribution in [3.63, 3.8) is 0 Å². The highest BCUT2D eigenvalue weighted by Gasteiger charge is 2.06. The summed E-state index contributed by atoms with van der Waals surface area (Å²) in [5.74, 6) is 0.894. The van der Waals surface area contributed by atoms with Gasteiger partial charge in [0.1, 0.15) is 5.75 Å². The van der Waals surface area contributed by atoms with Crippen molar-refractivity contribution in [1.82, 2.24) is 10.6 Å². The summed E-state index contributed by atoms with van der Waals surface area (Å²) in [6.45, 7) is 1.70. The Morgan fingerprint density at radius 2 is 2.14 bits per heavy atom. The van der Waals surface area contributed by atoms with Crippen molar-refractivity contribution < 1.29 is 9.53 Å². The monoisotopic (exact) mass is 302 g/mol. The van der Waals surface area contributed by atoms with Crippen molar-refractivity contribution >= 4 is 5.91 Å². The van der Waals surface area contributed by atoms with Gasteiger partial charge in [-0.25, -0.2) is 0 Å². The Morgan fingerprint density at radius 3 is 2.91 bits per heavy atom. The lowest BCUT2D eigenvalue weighted by Gasteiger charge is -2.13. The van der Waals surface area contributed by atoms with E-state index in [9.17, 15) is 4.79 Å². The number of para-hydroxylation sites is 1. The van der Waals surface area contributed by atoms with Gasteiger partial charge in [0.05, 0.1) is 13.7 Å². The fourth-order valence-corrected chi connectivity index (χ4v) is 2.72. The van der Waals surface area contributed by atoms with Crippen LogP contribution in [0.3, 0.4) is 0 Å². The third-order valence-electron chi connectivity index (χ3n) is 3.95. The molecule has 120 valence electrons. The summed E-state index contributed by atoms with van der Waals surface area (Å²) in [5.41, 5.74) is 2.55. The summed E-state index contributed by atoms with van der Waals surface area (Å²) in [5, 5.41) is 6.13. The molecule has 0 heterocycles. The molecule has 0 saturated carbocycles. The lowest BCUT2D eigenvalue weighted by Crippen LogP contribution is -2.34. The van der Waals surface area contributed by atoms with Gasteiger partial charge >= 0.3 is 0 Å². The first-order valence-electron chi connectivity index (χ1n) is 8.07. The standard InChI is InChI=1S/C18H26N2O2/c1-22-17-10-6-5-9-16(17)13-19-14-18(21)20-12-11-15-7-3-2-4-8-15/h5-7,9-10,19H,2-4,8,11-14H2,1H3,(H,20,21). The molecule has 0 bridgehead atoms. The zero-order valence-corrected chi connectivity index (χ0v) is 13.4. The Hall–Kier alpha value is -1.81. The molecule has 1 aliphatic rings. The van der Waals surface area contributed by atoms with E-state index in [1.807, 2.05) is 24.3 Å². The van der Waals surface area contributed by atoms with Crippen LogP contribution in [0.1, 0.15) is 37.7 Å². The molecule has 1 aliphatic carbocycles. The second-order valence-electron chi connectivity index (χ2n) is 5.62. The average Bonchev–Trinajstić information content (AvgIpc) is 2.56. The molecule has 4 nitrogen and oxygen atoms in total. The molecule has 22 heavy (non-hydrogen) atoms. The number of methoxy groups -OCH3 is 1. The van der Waals surface area contributed by atoms with Gasteiger partial charge in [0.15, 0.2) is 0 Å². The van der Waals surface area contributed by atoms with E-state index in [1.165, 1.54) is 31.3 Å². The summed E-state index contributed by atoms with van der Waals surface area (Å²) in [6, 6.07) is 7.83. The van der Waals surface area contributed by atoms with Gasteiger partial charge in [-0.2, -0.15) is 0 Å². The number of rotatable bonds is 8. The highest BCUT2D eigenvalue weighted by Crippen LogP contribution is 2.19. The molecule has 2 N–H and O–H groups in total. The number of carbonyl (C=O) groups excluding carboxylic acids is 1. The van der Waals surface area contributed by atoms with E-state index in [2.05, 4.69) is 16.7 Å². The van der Waals surface area contributed by atoms with Gasteiger partial charge in [0, 0.05) is 18.7 Å². The maximum Gasteiger partial charge on any atom is 0.233 e. The van der Waals surface area contributed by atoms with Crippen LogP contribution in [0.5, 0.6) is 5.75 Å². The third-order valence-corrected chi connectivity index (χ3v) is 3.95. The molecule has 4 heteroatoms. The van der Waals surface area contributed by atoms with E-state index in [-0.39, 0.29) is 5.91 Å². The fourth-order valence-electron chi connectivity index (χ4n) is 2.72. The quantitative estimate of drug-likeness (QED) is 0.726. The molecule has 1 aromatic carbocycles. The Kier molecular flexibility index (Phi) is 6.97. The molecule has 0 spiro atoms. The molecule has 0 aliphatic heterocycles. The van der Waals surface area contributed by atoms with Crippen LogP contribution in [-0.2, 0) is 11.3 Å². The van der Waals surface area contributed by atoms with Gasteiger partial charge in [0.2, 0.25) is 5.91 Å². The second kappa shape index (κ2) is 9.26. The Balaban J connectivity index is 1.62. The fraction of sp³-hybridized carbons (Fsp3) is 0.500. The molecule has 0 unspecified atom stereocenters. The van der Waals surface area contributed by atoms with Crippen LogP contribution in [-0.4, -0.2) is 26.1 Å². The number of hydrogen-bond acceptors (Lipinski definition) is 3. The van der Waals surface area contributed by atoms with E-state index in [4.69, 9.17) is 4.74 Å². The van der Waals surface area contributed by atoms with Crippen LogP contribution in [0.25, 0.3) is 0 Å². The third kappa shape index (κ3) is 5.53. The maximum absolute atomic E-state index is 11.8. The van der Waals surface area contributed by atoms with Gasteiger partial charge in [-0.3, -0.25) is 4.79 Å². The SMILES string of the molecule is COc1ccccc1CNCC(=O)NCCC1=CCCCC1. The predicted molar refractivity (Wildman–Crippen MR) is 88.9 cm³/mol. The van der Waals surface area contributed by atoms with Crippen LogP contribution >= 0.6 is 0 Å². The summed E-state index contributed by atoms with van der Waals surface area (Å²) >= 11 is 0. The summed E-state index contributed by atoms with van der Waals surface area (Å²) < 4.78 is 5.29. The highest BCUT2D eigenvalue weighted by atomic mass is 16.5. The van der Waals surface area contributed by atoms with E-state index in [0.717, 1.165) is 24.3 Å². The molecule has 0 radical (unpaired) electrons. The molecular formula is C18H26N2O2. The number of nitrogens with one attached hydrogen (secondary N) is 2. The summed E-state index contributed by atoms with van der Waals surface area (Å²) in [6.07, 6.45) is 8.31. The topological polar surface area (TPSA) is 50.4 Å². The minimum atomic E-state index is 0.0475. The summed E-state index contributed by atoms with van der Waals surface area (Å²) in [7, 11) is 1.66. The van der Waals surface area contributed by atoms with Gasteiger partial charge in [-0.05, 0) is 38.2 Å². The first-order chi connectivity index (χ1) is 10.8. The Bertz CT molecular complexity index is 512. The van der Waals surface area contributed by atoms with Gasteiger partial charge < -0.3 is 15.4 Å². The van der Waals surface area contributed by atoms with Crippen LogP contribution < -0.4 is 15.4 Å². The maximum atomic E-state index is 11.8. The van der Waals surface area contributed by atoms with E-state index < -0.39 is 0 Å². The first kappa shape index (κ1) is 16.6. The number of carbonyl (C=O) groups is 1. The van der Waals surface area contributed by atoms with Crippen molar-refractivity contribution in [1.29, 1.82) is 0 Å². The van der Waals surface area contributed by atoms with Gasteiger partial charge in [0.25, 0.3) is 0 Å². The molecule has 0 saturated heterocycles. The number of benzene rings is 1. The van der Waals surface area contributed by atoms with Gasteiger partial charge in [-0.1, -0.05) is 29.8 Å². The lowest BCUT2D eigenvalue weighted by molar-refractivity contribution is -0.120. The Morgan fingerprint density at radius 1 is 1.27 bits per heavy atom. The molecule has 2 rings (SSSR count). The average molecular weight is 302 g/mol. The van der Waals surface area contributed by atoms with Crippen molar-refractivity contribution in [2.75, 3.05) is 20.2 Å². The zero-order chi connectivity index (χ0) is 15.6. The molecule has 0 aromatic heterocycles. The zero-order valence-electron chi connectivity index (χ0n) is 13.4. The van der Waals surface area contributed by atoms with Crippen molar-refractivity contribution in [2.45, 2.75) is 38.6 Å². The summed E-state index contributed by atoms with van der Waals surface area (Å²) in [4.78, 5) is 11.8. The number of amides is 1. The van der Waals surface area contributed by atoms with Crippen molar-refractivity contribution in [2.24, 2.45) is 0 Å². The van der Waals surface area contributed by atoms with Crippen LogP contribution in [0, 0.1) is 0 Å². The number of ether oxygens (including phenoxy) is 1. The minimum absolute atomic E-state index is 0.0475. The second-order valence-corrected chi connectivity index (χ2v) is 5.62. The minimum Gasteiger partial charge on any atom is -0.496 e. The van der Waals surface area contributed by atoms with Gasteiger partial charge in [-0.15, -0.1) is 0 Å². The van der Waals surface area contributed by atoms with E-state index >= 15 is 0 Å². The number of hydrogen-bond donors (Lipinski definition) is 2. The molecular weight excluding hydrogens is 276 g/mol. The number of allylic oxidation sites excluding steroid dienone is 1. The largest absolute Gasteiger partial charge is 0.496 e. The molecule has 0 fully saturated rings. The van der Waals surface area contributed by atoms with Crippen molar-refractivity contribution in [3.05, 3.63) is 41.5 Å². The van der Waals surface area contributed by atoms with Crippen LogP contribution in [0.4, 0.5) is 0 Å². The van der Waals surface area contributed by atoms with Crippen molar-refractivity contribution in [3.8, 4) is 5.75 Å². The predicted octanol–water partition coefficient (Wildman–Crippen LogP) is 2.79. The lowest BCUT2D eigenvalue weighted by atomic mass is 9.97. The smallest absolute Gasteiger partial charge is 0.233 e. The first-order valence-corrected chi connectivity index (χ1v) is 8.07. The Labute approximate surface area is 132 Å². The van der Waals surface area contributed by atoms with Crippen LogP contribution in [0.15, 0.2) is 35.9 Å². The molecule has 0 atom stereocenters.